The third kappa shape index (κ3) is 4.90. The fourth-order valence-corrected chi connectivity index (χ4v) is 4.28. The number of carbonyl (C=O) groups excluding carboxylic acids is 1. The lowest BCUT2D eigenvalue weighted by Crippen LogP contribution is -2.22. The summed E-state index contributed by atoms with van der Waals surface area (Å²) in [6.45, 7) is 5.89. The van der Waals surface area contributed by atoms with Crippen molar-refractivity contribution >= 4 is 34.2 Å². The number of hydrogen-bond acceptors (Lipinski definition) is 4. The summed E-state index contributed by atoms with van der Waals surface area (Å²) in [5.41, 5.74) is 4.88. The number of aromatic nitrogens is 3. The summed E-state index contributed by atoms with van der Waals surface area (Å²) in [5, 5.41) is 3.11. The van der Waals surface area contributed by atoms with Gasteiger partial charge in [0.05, 0.1) is 33.6 Å². The first kappa shape index (κ1) is 24.1. The van der Waals surface area contributed by atoms with E-state index < -0.39 is 0 Å². The number of pyridine rings is 1. The number of fused-ring (bicyclic) bond motifs is 1. The molecule has 3 aromatic carbocycles. The van der Waals surface area contributed by atoms with E-state index >= 15 is 0 Å². The Morgan fingerprint density at radius 3 is 2.54 bits per heavy atom. The molecule has 0 atom stereocenters. The lowest BCUT2D eigenvalue weighted by atomic mass is 10.2. The summed E-state index contributed by atoms with van der Waals surface area (Å²) in [7, 11) is 0. The van der Waals surface area contributed by atoms with Crippen LogP contribution in [0.2, 0.25) is 5.02 Å². The van der Waals surface area contributed by atoms with E-state index in [-0.39, 0.29) is 11.6 Å². The highest BCUT2D eigenvalue weighted by Gasteiger charge is 2.17. The SMILES string of the molecule is C=CC(=O)Nc1cccc(-n2c(=O)n(-c3ccc(OCc4ccc(C)cc4)c(Cl)c3)c3cnccc32)c1. The molecule has 184 valence electrons. The van der Waals surface area contributed by atoms with Crippen LogP contribution in [0.4, 0.5) is 5.69 Å². The van der Waals surface area contributed by atoms with E-state index in [0.717, 1.165) is 5.56 Å². The van der Waals surface area contributed by atoms with Crippen LogP contribution in [0, 0.1) is 6.92 Å². The maximum absolute atomic E-state index is 13.7. The summed E-state index contributed by atoms with van der Waals surface area (Å²) in [5.74, 6) is 0.182. The molecule has 0 aliphatic rings. The minimum atomic E-state index is -0.338. The van der Waals surface area contributed by atoms with Gasteiger partial charge in [-0.3, -0.25) is 18.9 Å². The third-order valence-corrected chi connectivity index (χ3v) is 6.18. The van der Waals surface area contributed by atoms with Crippen LogP contribution in [0.1, 0.15) is 11.1 Å². The van der Waals surface area contributed by atoms with Gasteiger partial charge in [0.25, 0.3) is 0 Å². The van der Waals surface area contributed by atoms with Gasteiger partial charge >= 0.3 is 5.69 Å². The molecule has 0 aliphatic heterocycles. The Kier molecular flexibility index (Phi) is 6.62. The maximum Gasteiger partial charge on any atom is 0.338 e. The van der Waals surface area contributed by atoms with Crippen LogP contribution in [-0.2, 0) is 11.4 Å². The standard InChI is InChI=1S/C29H23ClN4O3/c1-3-28(35)32-21-5-4-6-22(15-21)33-25-13-14-31-17-26(25)34(29(33)36)23-11-12-27(24(30)16-23)37-18-20-9-7-19(2)8-10-20/h3-17H,1,18H2,2H3,(H,32,35). The zero-order valence-electron chi connectivity index (χ0n) is 20.0. The molecule has 0 bridgehead atoms. The molecule has 7 nitrogen and oxygen atoms in total. The van der Waals surface area contributed by atoms with Gasteiger partial charge in [-0.05, 0) is 61.0 Å². The highest BCUT2D eigenvalue weighted by atomic mass is 35.5. The molecule has 1 amide bonds. The van der Waals surface area contributed by atoms with Crippen LogP contribution in [0.25, 0.3) is 22.4 Å². The minimum absolute atomic E-state index is 0.306. The van der Waals surface area contributed by atoms with E-state index in [1.165, 1.54) is 11.6 Å². The quantitative estimate of drug-likeness (QED) is 0.279. The second-order valence-corrected chi connectivity index (χ2v) is 8.86. The summed E-state index contributed by atoms with van der Waals surface area (Å²) < 4.78 is 9.04. The lowest BCUT2D eigenvalue weighted by Gasteiger charge is -2.11. The Bertz CT molecular complexity index is 1690. The molecule has 2 heterocycles. The number of halogens is 1. The van der Waals surface area contributed by atoms with E-state index in [9.17, 15) is 9.59 Å². The van der Waals surface area contributed by atoms with Gasteiger partial charge in [0.1, 0.15) is 12.4 Å². The topological polar surface area (TPSA) is 78.2 Å². The molecule has 2 aromatic heterocycles. The maximum atomic E-state index is 13.7. The average Bonchev–Trinajstić information content (AvgIpc) is 3.20. The summed E-state index contributed by atoms with van der Waals surface area (Å²) in [6, 6.07) is 22.1. The number of nitrogens with zero attached hydrogens (tertiary/aromatic N) is 3. The molecule has 5 aromatic rings. The van der Waals surface area contributed by atoms with Crippen LogP contribution in [0.5, 0.6) is 5.75 Å². The summed E-state index contributed by atoms with van der Waals surface area (Å²) >= 11 is 6.57. The van der Waals surface area contributed by atoms with Crippen LogP contribution in [0.3, 0.4) is 0 Å². The van der Waals surface area contributed by atoms with Gasteiger partial charge in [-0.15, -0.1) is 0 Å². The predicted molar refractivity (Wildman–Crippen MR) is 146 cm³/mol. The smallest absolute Gasteiger partial charge is 0.338 e. The number of benzene rings is 3. The molecule has 8 heteroatoms. The minimum Gasteiger partial charge on any atom is -0.487 e. The molecule has 0 aliphatic carbocycles. The summed E-state index contributed by atoms with van der Waals surface area (Å²) in [4.78, 5) is 29.7. The molecule has 0 unspecified atom stereocenters. The van der Waals surface area contributed by atoms with Crippen molar-refractivity contribution in [2.75, 3.05) is 5.32 Å². The van der Waals surface area contributed by atoms with Gasteiger partial charge in [-0.1, -0.05) is 54.1 Å². The van der Waals surface area contributed by atoms with Crippen molar-refractivity contribution in [3.05, 3.63) is 124 Å². The van der Waals surface area contributed by atoms with Crippen LogP contribution in [0.15, 0.2) is 103 Å². The molecule has 0 spiro atoms. The van der Waals surface area contributed by atoms with Gasteiger partial charge < -0.3 is 10.1 Å². The lowest BCUT2D eigenvalue weighted by molar-refractivity contribution is -0.111. The fraction of sp³-hybridized carbons (Fsp3) is 0.0690. The summed E-state index contributed by atoms with van der Waals surface area (Å²) in [6.07, 6.45) is 4.45. The van der Waals surface area contributed by atoms with Crippen molar-refractivity contribution < 1.29 is 9.53 Å². The number of anilines is 1. The Morgan fingerprint density at radius 2 is 1.78 bits per heavy atom. The largest absolute Gasteiger partial charge is 0.487 e. The predicted octanol–water partition coefficient (Wildman–Crippen LogP) is 5.84. The van der Waals surface area contributed by atoms with Crippen molar-refractivity contribution in [1.82, 2.24) is 14.1 Å². The van der Waals surface area contributed by atoms with Crippen molar-refractivity contribution in [3.63, 3.8) is 0 Å². The second kappa shape index (κ2) is 10.2. The Morgan fingerprint density at radius 1 is 1.03 bits per heavy atom. The number of hydrogen-bond donors (Lipinski definition) is 1. The molecule has 37 heavy (non-hydrogen) atoms. The second-order valence-electron chi connectivity index (χ2n) is 8.45. The number of amides is 1. The number of rotatable bonds is 7. The van der Waals surface area contributed by atoms with Crippen LogP contribution < -0.4 is 15.7 Å². The number of aryl methyl sites for hydroxylation is 1. The molecule has 0 radical (unpaired) electrons. The Labute approximate surface area is 218 Å². The third-order valence-electron chi connectivity index (χ3n) is 5.89. The number of ether oxygens (including phenoxy) is 1. The number of imidazole rings is 1. The molecule has 0 fully saturated rings. The van der Waals surface area contributed by atoms with Crippen molar-refractivity contribution in [1.29, 1.82) is 0 Å². The molecule has 0 saturated carbocycles. The zero-order valence-corrected chi connectivity index (χ0v) is 20.8. The van der Waals surface area contributed by atoms with Crippen LogP contribution >= 0.6 is 11.6 Å². The highest BCUT2D eigenvalue weighted by molar-refractivity contribution is 6.32. The highest BCUT2D eigenvalue weighted by Crippen LogP contribution is 2.29. The molecular weight excluding hydrogens is 488 g/mol. The van der Waals surface area contributed by atoms with Crippen molar-refractivity contribution in [3.8, 4) is 17.1 Å². The number of nitrogens with one attached hydrogen (secondary N) is 1. The zero-order chi connectivity index (χ0) is 25.9. The van der Waals surface area contributed by atoms with E-state index in [1.807, 2.05) is 31.2 Å². The van der Waals surface area contributed by atoms with E-state index in [4.69, 9.17) is 16.3 Å². The molecule has 5 rings (SSSR count). The van der Waals surface area contributed by atoms with Crippen molar-refractivity contribution in [2.24, 2.45) is 0 Å². The van der Waals surface area contributed by atoms with Gasteiger partial charge in [-0.25, -0.2) is 4.79 Å². The van der Waals surface area contributed by atoms with E-state index in [0.29, 0.717) is 45.5 Å². The first-order valence-corrected chi connectivity index (χ1v) is 11.9. The normalized spacial score (nSPS) is 10.9. The van der Waals surface area contributed by atoms with Crippen molar-refractivity contribution in [2.45, 2.75) is 13.5 Å². The van der Waals surface area contributed by atoms with Gasteiger partial charge in [0.15, 0.2) is 0 Å². The van der Waals surface area contributed by atoms with Gasteiger partial charge in [0.2, 0.25) is 5.91 Å². The van der Waals surface area contributed by atoms with E-state index in [1.54, 1.807) is 70.1 Å². The molecule has 0 saturated heterocycles. The monoisotopic (exact) mass is 510 g/mol. The van der Waals surface area contributed by atoms with Gasteiger partial charge in [0, 0.05) is 11.9 Å². The molecule has 1 N–H and O–H groups in total. The van der Waals surface area contributed by atoms with Gasteiger partial charge in [-0.2, -0.15) is 0 Å². The Balaban J connectivity index is 1.52. The van der Waals surface area contributed by atoms with Crippen LogP contribution in [-0.4, -0.2) is 20.0 Å². The first-order valence-electron chi connectivity index (χ1n) is 11.5. The van der Waals surface area contributed by atoms with E-state index in [2.05, 4.69) is 16.9 Å². The Hall–Kier alpha value is -4.62. The average molecular weight is 511 g/mol. The fourth-order valence-electron chi connectivity index (χ4n) is 4.05. The first-order chi connectivity index (χ1) is 17.9. The molecular formula is C29H23ClN4O3. The number of carbonyl (C=O) groups is 1.